The lowest BCUT2D eigenvalue weighted by molar-refractivity contribution is -0.332. The van der Waals surface area contributed by atoms with Crippen molar-refractivity contribution >= 4 is 5.97 Å². The molecule has 0 saturated carbocycles. The maximum Gasteiger partial charge on any atom is 0.306 e. The van der Waals surface area contributed by atoms with Gasteiger partial charge in [-0.05, 0) is 44.9 Å². The molecule has 0 aromatic rings. The van der Waals surface area contributed by atoms with E-state index in [4.69, 9.17) is 28.4 Å². The molecule has 2 aliphatic heterocycles. The van der Waals surface area contributed by atoms with Gasteiger partial charge in [0.2, 0.25) is 0 Å². The highest BCUT2D eigenvalue weighted by molar-refractivity contribution is 5.69. The van der Waals surface area contributed by atoms with Gasteiger partial charge in [0.1, 0.15) is 54.9 Å². The average molecular weight is 791 g/mol. The van der Waals surface area contributed by atoms with Crippen LogP contribution >= 0.6 is 0 Å². The molecule has 7 N–H and O–H groups in total. The third-order valence-corrected chi connectivity index (χ3v) is 9.96. The summed E-state index contributed by atoms with van der Waals surface area (Å²) in [6, 6.07) is 0. The Hall–Kier alpha value is -1.53. The van der Waals surface area contributed by atoms with E-state index in [0.29, 0.717) is 13.0 Å². The summed E-state index contributed by atoms with van der Waals surface area (Å²) in [5.41, 5.74) is 0. The van der Waals surface area contributed by atoms with Crippen molar-refractivity contribution in [2.75, 3.05) is 33.0 Å². The van der Waals surface area contributed by atoms with Crippen molar-refractivity contribution in [3.63, 3.8) is 0 Å². The van der Waals surface area contributed by atoms with Gasteiger partial charge < -0.3 is 64.2 Å². The fourth-order valence-corrected chi connectivity index (χ4v) is 6.43. The van der Waals surface area contributed by atoms with Crippen LogP contribution in [0.3, 0.4) is 0 Å². The smallest absolute Gasteiger partial charge is 0.306 e. The molecule has 0 amide bonds. The zero-order chi connectivity index (χ0) is 40.3. The molecule has 322 valence electrons. The van der Waals surface area contributed by atoms with E-state index in [2.05, 4.69) is 38.2 Å². The second-order valence-corrected chi connectivity index (χ2v) is 14.8. The number of allylic oxidation sites excluding steroid dienone is 4. The number of carbonyl (C=O) groups is 1. The molecule has 55 heavy (non-hydrogen) atoms. The molecule has 14 nitrogen and oxygen atoms in total. The highest BCUT2D eigenvalue weighted by Crippen LogP contribution is 2.26. The van der Waals surface area contributed by atoms with E-state index < -0.39 is 86.7 Å². The first-order valence-electron chi connectivity index (χ1n) is 20.9. The number of hydrogen-bond donors (Lipinski definition) is 7. The van der Waals surface area contributed by atoms with Crippen LogP contribution in [-0.2, 0) is 33.2 Å². The van der Waals surface area contributed by atoms with Gasteiger partial charge in [-0.2, -0.15) is 0 Å². The number of esters is 1. The van der Waals surface area contributed by atoms with Gasteiger partial charge in [-0.1, -0.05) is 102 Å². The number of rotatable bonds is 31. The Labute approximate surface area is 328 Å². The van der Waals surface area contributed by atoms with Gasteiger partial charge in [0.15, 0.2) is 12.6 Å². The predicted octanol–water partition coefficient (Wildman–Crippen LogP) is 3.73. The summed E-state index contributed by atoms with van der Waals surface area (Å²) in [6.45, 7) is 3.48. The van der Waals surface area contributed by atoms with Gasteiger partial charge in [0, 0.05) is 13.0 Å². The largest absolute Gasteiger partial charge is 0.457 e. The maximum absolute atomic E-state index is 12.6. The molecular formula is C41H74O14. The number of aliphatic hydroxyl groups is 7. The topological polar surface area (TPSA) is 214 Å². The zero-order valence-corrected chi connectivity index (χ0v) is 33.4. The Bertz CT molecular complexity index is 1010. The molecule has 0 spiro atoms. The van der Waals surface area contributed by atoms with Gasteiger partial charge in [-0.3, -0.25) is 4.79 Å². The Kier molecular flexibility index (Phi) is 27.5. The van der Waals surface area contributed by atoms with Crippen LogP contribution in [0.4, 0.5) is 0 Å². The molecule has 0 aromatic heterocycles. The van der Waals surface area contributed by atoms with Crippen LogP contribution in [0.5, 0.6) is 0 Å². The number of ether oxygens (including phenoxy) is 6. The molecule has 2 aliphatic rings. The van der Waals surface area contributed by atoms with Crippen LogP contribution in [0.1, 0.15) is 129 Å². The molecule has 11 unspecified atom stereocenters. The van der Waals surface area contributed by atoms with E-state index in [0.717, 1.165) is 57.8 Å². The third-order valence-electron chi connectivity index (χ3n) is 9.96. The molecule has 2 fully saturated rings. The lowest BCUT2D eigenvalue weighted by Gasteiger charge is -2.42. The molecule has 0 radical (unpaired) electrons. The number of unbranched alkanes of at least 4 members (excludes halogenated alkanes) is 13. The minimum Gasteiger partial charge on any atom is -0.457 e. The van der Waals surface area contributed by atoms with Gasteiger partial charge in [0.05, 0.1) is 26.4 Å². The first-order chi connectivity index (χ1) is 26.6. The highest BCUT2D eigenvalue weighted by Gasteiger charge is 2.47. The van der Waals surface area contributed by atoms with Gasteiger partial charge in [0.25, 0.3) is 0 Å². The lowest BCUT2D eigenvalue weighted by atomic mass is 9.98. The van der Waals surface area contributed by atoms with E-state index in [-0.39, 0.29) is 19.6 Å². The van der Waals surface area contributed by atoms with Crippen molar-refractivity contribution in [2.45, 2.75) is 197 Å². The van der Waals surface area contributed by atoms with Gasteiger partial charge in [-0.15, -0.1) is 0 Å². The Balaban J connectivity index is 1.75. The van der Waals surface area contributed by atoms with Crippen molar-refractivity contribution in [2.24, 2.45) is 0 Å². The van der Waals surface area contributed by atoms with E-state index >= 15 is 0 Å². The first-order valence-corrected chi connectivity index (χ1v) is 20.9. The normalized spacial score (nSPS) is 29.3. The van der Waals surface area contributed by atoms with Crippen LogP contribution in [0.25, 0.3) is 0 Å². The quantitative estimate of drug-likeness (QED) is 0.0303. The van der Waals surface area contributed by atoms with Crippen molar-refractivity contribution in [3.05, 3.63) is 24.3 Å². The number of aliphatic hydroxyl groups excluding tert-OH is 7. The second-order valence-electron chi connectivity index (χ2n) is 14.8. The standard InChI is InChI=1S/C41H74O14/c1-3-5-7-9-10-11-12-13-14-15-16-17-18-19-20-21-23-25-50-27-30(53-33(43)24-22-8-6-4-2)28-51-40-39(49)37(47)35(45)32(55-40)29-52-41-38(48)36(46)34(44)31(26-42)54-41/h11-12,14-15,30-32,34-42,44-49H,3-10,13,16-29H2,1-2H3/b12-11-,15-14-. The van der Waals surface area contributed by atoms with Crippen molar-refractivity contribution in [1.29, 1.82) is 0 Å². The molecule has 2 saturated heterocycles. The molecule has 2 heterocycles. The fraction of sp³-hybridized carbons (Fsp3) is 0.878. The van der Waals surface area contributed by atoms with Crippen LogP contribution in [0.15, 0.2) is 24.3 Å². The highest BCUT2D eigenvalue weighted by atomic mass is 16.7. The first kappa shape index (κ1) is 49.6. The summed E-state index contributed by atoms with van der Waals surface area (Å²) in [7, 11) is 0. The van der Waals surface area contributed by atoms with Crippen molar-refractivity contribution in [1.82, 2.24) is 0 Å². The molecule has 0 bridgehead atoms. The Morgan fingerprint density at radius 1 is 0.600 bits per heavy atom. The summed E-state index contributed by atoms with van der Waals surface area (Å²) in [5, 5.41) is 71.5. The molecule has 11 atom stereocenters. The molecule has 14 heteroatoms. The van der Waals surface area contributed by atoms with E-state index in [9.17, 15) is 40.5 Å². The van der Waals surface area contributed by atoms with Gasteiger partial charge >= 0.3 is 5.97 Å². The van der Waals surface area contributed by atoms with Crippen molar-refractivity contribution < 1.29 is 69.0 Å². The van der Waals surface area contributed by atoms with E-state index in [1.54, 1.807) is 0 Å². The Morgan fingerprint density at radius 3 is 1.75 bits per heavy atom. The maximum atomic E-state index is 12.6. The summed E-state index contributed by atoms with van der Waals surface area (Å²) < 4.78 is 33.8. The molecule has 2 rings (SSSR count). The lowest BCUT2D eigenvalue weighted by Crippen LogP contribution is -2.61. The van der Waals surface area contributed by atoms with Crippen LogP contribution < -0.4 is 0 Å². The zero-order valence-electron chi connectivity index (χ0n) is 33.4. The molecular weight excluding hydrogens is 716 g/mol. The predicted molar refractivity (Wildman–Crippen MR) is 206 cm³/mol. The average Bonchev–Trinajstić information content (AvgIpc) is 3.18. The summed E-state index contributed by atoms with van der Waals surface area (Å²) in [6.07, 6.45) is 11.8. The molecule has 0 aromatic carbocycles. The SMILES string of the molecule is CCCCCC/C=C\C/C=C\CCCCCCCCOCC(COC1OC(COC2OC(CO)C(O)C(O)C2O)C(O)C(O)C1O)OC(=O)CCCCCC. The van der Waals surface area contributed by atoms with Crippen LogP contribution in [0, 0.1) is 0 Å². The molecule has 0 aliphatic carbocycles. The van der Waals surface area contributed by atoms with Crippen molar-refractivity contribution in [3.8, 4) is 0 Å². The second kappa shape index (κ2) is 30.5. The Morgan fingerprint density at radius 2 is 1.13 bits per heavy atom. The van der Waals surface area contributed by atoms with Crippen LogP contribution in [0.2, 0.25) is 0 Å². The number of hydrogen-bond acceptors (Lipinski definition) is 14. The number of carbonyl (C=O) groups excluding carboxylic acids is 1. The fourth-order valence-electron chi connectivity index (χ4n) is 6.43. The minimum absolute atomic E-state index is 0.0543. The van der Waals surface area contributed by atoms with Crippen LogP contribution in [-0.4, -0.2) is 142 Å². The van der Waals surface area contributed by atoms with Gasteiger partial charge in [-0.25, -0.2) is 0 Å². The third kappa shape index (κ3) is 20.1. The monoisotopic (exact) mass is 791 g/mol. The summed E-state index contributed by atoms with van der Waals surface area (Å²) in [5.74, 6) is -0.399. The minimum atomic E-state index is -1.70. The van der Waals surface area contributed by atoms with E-state index in [1.165, 1.54) is 44.9 Å². The summed E-state index contributed by atoms with van der Waals surface area (Å²) >= 11 is 0. The van der Waals surface area contributed by atoms with E-state index in [1.807, 2.05) is 0 Å². The summed E-state index contributed by atoms with van der Waals surface area (Å²) in [4.78, 5) is 12.6.